The average Bonchev–Trinajstić information content (AvgIpc) is 2.95. The maximum Gasteiger partial charge on any atom is 0.338 e. The highest BCUT2D eigenvalue weighted by molar-refractivity contribution is 5.88. The lowest BCUT2D eigenvalue weighted by Gasteiger charge is -2.11. The van der Waals surface area contributed by atoms with E-state index in [1.54, 1.807) is 0 Å². The summed E-state index contributed by atoms with van der Waals surface area (Å²) in [6.07, 6.45) is 1.95. The first-order chi connectivity index (χ1) is 10.1. The SMILES string of the molecule is O=C(COc1ccc(C(=O)O)c(F)c1)NCC1CCCO1. The lowest BCUT2D eigenvalue weighted by Crippen LogP contribution is -2.35. The van der Waals surface area contributed by atoms with E-state index in [0.717, 1.165) is 25.0 Å². The summed E-state index contributed by atoms with van der Waals surface area (Å²) in [6.45, 7) is 0.874. The summed E-state index contributed by atoms with van der Waals surface area (Å²) in [6, 6.07) is 3.34. The Kier molecular flexibility index (Phi) is 5.10. The smallest absolute Gasteiger partial charge is 0.338 e. The minimum atomic E-state index is -1.35. The number of carboxylic acids is 1. The molecule has 1 aromatic rings. The van der Waals surface area contributed by atoms with Crippen LogP contribution in [-0.2, 0) is 9.53 Å². The van der Waals surface area contributed by atoms with Gasteiger partial charge >= 0.3 is 5.97 Å². The third-order valence-corrected chi connectivity index (χ3v) is 3.09. The van der Waals surface area contributed by atoms with Crippen molar-refractivity contribution in [2.75, 3.05) is 19.8 Å². The number of rotatable bonds is 6. The average molecular weight is 297 g/mol. The zero-order valence-corrected chi connectivity index (χ0v) is 11.3. The van der Waals surface area contributed by atoms with Gasteiger partial charge in [-0.25, -0.2) is 9.18 Å². The molecular formula is C14H16FNO5. The maximum atomic E-state index is 13.4. The van der Waals surface area contributed by atoms with Gasteiger partial charge in [0.05, 0.1) is 11.7 Å². The van der Waals surface area contributed by atoms with Crippen LogP contribution < -0.4 is 10.1 Å². The van der Waals surface area contributed by atoms with Gasteiger partial charge < -0.3 is 19.9 Å². The molecule has 0 radical (unpaired) electrons. The number of benzene rings is 1. The number of carbonyl (C=O) groups excluding carboxylic acids is 1. The number of hydrogen-bond donors (Lipinski definition) is 2. The van der Waals surface area contributed by atoms with Crippen molar-refractivity contribution in [3.05, 3.63) is 29.6 Å². The topological polar surface area (TPSA) is 84.9 Å². The molecule has 7 heteroatoms. The predicted octanol–water partition coefficient (Wildman–Crippen LogP) is 1.20. The van der Waals surface area contributed by atoms with Gasteiger partial charge in [-0.05, 0) is 25.0 Å². The summed E-state index contributed by atoms with van der Waals surface area (Å²) >= 11 is 0. The van der Waals surface area contributed by atoms with E-state index in [1.165, 1.54) is 6.07 Å². The molecule has 0 bridgehead atoms. The molecule has 0 aromatic heterocycles. The Hall–Kier alpha value is -2.15. The van der Waals surface area contributed by atoms with E-state index in [1.807, 2.05) is 0 Å². The molecule has 1 atom stereocenters. The van der Waals surface area contributed by atoms with E-state index in [-0.39, 0.29) is 24.4 Å². The molecule has 6 nitrogen and oxygen atoms in total. The summed E-state index contributed by atoms with van der Waals surface area (Å²) in [5.74, 6) is -2.49. The van der Waals surface area contributed by atoms with Crippen LogP contribution in [0.25, 0.3) is 0 Å². The lowest BCUT2D eigenvalue weighted by atomic mass is 10.2. The van der Waals surface area contributed by atoms with Crippen LogP contribution in [0, 0.1) is 5.82 Å². The Balaban J connectivity index is 1.78. The summed E-state index contributed by atoms with van der Waals surface area (Å²) in [7, 11) is 0. The zero-order chi connectivity index (χ0) is 15.2. The number of halogens is 1. The molecule has 2 N–H and O–H groups in total. The van der Waals surface area contributed by atoms with Gasteiger partial charge in [-0.1, -0.05) is 0 Å². The molecule has 0 spiro atoms. The van der Waals surface area contributed by atoms with Crippen LogP contribution in [0.2, 0.25) is 0 Å². The third kappa shape index (κ3) is 4.42. The monoisotopic (exact) mass is 297 g/mol. The standard InChI is InChI=1S/C14H16FNO5/c15-12-6-9(3-4-11(12)14(18)19)21-8-13(17)16-7-10-2-1-5-20-10/h3-4,6,10H,1-2,5,7-8H2,(H,16,17)(H,18,19). The van der Waals surface area contributed by atoms with Gasteiger partial charge in [0.1, 0.15) is 11.6 Å². The van der Waals surface area contributed by atoms with Crippen LogP contribution in [0.5, 0.6) is 5.75 Å². The molecule has 1 heterocycles. The highest BCUT2D eigenvalue weighted by atomic mass is 19.1. The fraction of sp³-hybridized carbons (Fsp3) is 0.429. The molecule has 0 aliphatic carbocycles. The van der Waals surface area contributed by atoms with Gasteiger partial charge in [-0.3, -0.25) is 4.79 Å². The number of ether oxygens (including phenoxy) is 2. The highest BCUT2D eigenvalue weighted by Crippen LogP contribution is 2.16. The minimum absolute atomic E-state index is 0.0428. The second-order valence-corrected chi connectivity index (χ2v) is 4.67. The molecule has 1 unspecified atom stereocenters. The van der Waals surface area contributed by atoms with E-state index in [0.29, 0.717) is 13.2 Å². The molecule has 1 saturated heterocycles. The molecular weight excluding hydrogens is 281 g/mol. The maximum absolute atomic E-state index is 13.4. The number of hydrogen-bond acceptors (Lipinski definition) is 4. The van der Waals surface area contributed by atoms with E-state index < -0.39 is 17.3 Å². The number of carboxylic acid groups (broad SMARTS) is 1. The highest BCUT2D eigenvalue weighted by Gasteiger charge is 2.16. The first-order valence-electron chi connectivity index (χ1n) is 6.60. The van der Waals surface area contributed by atoms with Crippen molar-refractivity contribution in [1.29, 1.82) is 0 Å². The number of carbonyl (C=O) groups is 2. The van der Waals surface area contributed by atoms with Crippen molar-refractivity contribution in [2.45, 2.75) is 18.9 Å². The fourth-order valence-corrected chi connectivity index (χ4v) is 1.99. The van der Waals surface area contributed by atoms with Crippen LogP contribution in [0.4, 0.5) is 4.39 Å². The third-order valence-electron chi connectivity index (χ3n) is 3.09. The van der Waals surface area contributed by atoms with Crippen molar-refractivity contribution >= 4 is 11.9 Å². The van der Waals surface area contributed by atoms with E-state index in [9.17, 15) is 14.0 Å². The van der Waals surface area contributed by atoms with Crippen LogP contribution in [0.1, 0.15) is 23.2 Å². The Bertz CT molecular complexity index is 528. The van der Waals surface area contributed by atoms with Gasteiger partial charge in [0.15, 0.2) is 6.61 Å². The normalized spacial score (nSPS) is 17.5. The van der Waals surface area contributed by atoms with Crippen LogP contribution in [0.15, 0.2) is 18.2 Å². The molecule has 1 fully saturated rings. The number of nitrogens with one attached hydrogen (secondary N) is 1. The second kappa shape index (κ2) is 7.03. The van der Waals surface area contributed by atoms with E-state index in [4.69, 9.17) is 14.6 Å². The van der Waals surface area contributed by atoms with Gasteiger partial charge in [0.2, 0.25) is 0 Å². The Morgan fingerprint density at radius 3 is 2.90 bits per heavy atom. The van der Waals surface area contributed by atoms with Crippen molar-refractivity contribution in [3.63, 3.8) is 0 Å². The molecule has 21 heavy (non-hydrogen) atoms. The molecule has 1 aromatic carbocycles. The summed E-state index contributed by atoms with van der Waals surface area (Å²) < 4.78 is 23.9. The first-order valence-corrected chi connectivity index (χ1v) is 6.60. The molecule has 114 valence electrons. The lowest BCUT2D eigenvalue weighted by molar-refractivity contribution is -0.123. The summed E-state index contributed by atoms with van der Waals surface area (Å²) in [5, 5.41) is 11.4. The molecule has 0 saturated carbocycles. The van der Waals surface area contributed by atoms with Crippen molar-refractivity contribution < 1.29 is 28.6 Å². The van der Waals surface area contributed by atoms with Gasteiger partial charge in [0, 0.05) is 19.2 Å². The predicted molar refractivity (Wildman–Crippen MR) is 70.8 cm³/mol. The number of aromatic carboxylic acids is 1. The minimum Gasteiger partial charge on any atom is -0.484 e. The van der Waals surface area contributed by atoms with Gasteiger partial charge in [0.25, 0.3) is 5.91 Å². The molecule has 1 aliphatic heterocycles. The molecule has 1 amide bonds. The Labute approximate surface area is 120 Å². The zero-order valence-electron chi connectivity index (χ0n) is 11.3. The summed E-state index contributed by atoms with van der Waals surface area (Å²) in [4.78, 5) is 22.2. The largest absolute Gasteiger partial charge is 0.484 e. The van der Waals surface area contributed by atoms with Crippen molar-refractivity contribution in [1.82, 2.24) is 5.32 Å². The van der Waals surface area contributed by atoms with Gasteiger partial charge in [-0.2, -0.15) is 0 Å². The van der Waals surface area contributed by atoms with Gasteiger partial charge in [-0.15, -0.1) is 0 Å². The van der Waals surface area contributed by atoms with Crippen molar-refractivity contribution in [3.8, 4) is 5.75 Å². The van der Waals surface area contributed by atoms with Crippen LogP contribution >= 0.6 is 0 Å². The van der Waals surface area contributed by atoms with E-state index >= 15 is 0 Å². The number of amides is 1. The van der Waals surface area contributed by atoms with Crippen LogP contribution in [0.3, 0.4) is 0 Å². The quantitative estimate of drug-likeness (QED) is 0.824. The Morgan fingerprint density at radius 1 is 1.48 bits per heavy atom. The summed E-state index contributed by atoms with van der Waals surface area (Å²) in [5.41, 5.74) is -0.440. The van der Waals surface area contributed by atoms with Crippen LogP contribution in [-0.4, -0.2) is 42.8 Å². The molecule has 2 rings (SSSR count). The Morgan fingerprint density at radius 2 is 2.29 bits per heavy atom. The first kappa shape index (κ1) is 15.2. The molecule has 1 aliphatic rings. The van der Waals surface area contributed by atoms with E-state index in [2.05, 4.69) is 5.32 Å². The second-order valence-electron chi connectivity index (χ2n) is 4.67. The van der Waals surface area contributed by atoms with Crippen molar-refractivity contribution in [2.24, 2.45) is 0 Å². The fourth-order valence-electron chi connectivity index (χ4n) is 1.99.